The lowest BCUT2D eigenvalue weighted by atomic mass is 9.82. The van der Waals surface area contributed by atoms with Crippen LogP contribution in [0.5, 0.6) is 0 Å². The summed E-state index contributed by atoms with van der Waals surface area (Å²) in [5.41, 5.74) is 0. The molecule has 6 heteroatoms. The van der Waals surface area contributed by atoms with E-state index in [4.69, 9.17) is 0 Å². The third-order valence-corrected chi connectivity index (χ3v) is 4.72. The standard InChI is InChI=1S/C15H20N2O4/c18-13(8-1-2-8)16-5-6-17-14(19)11-9-3-4-10(7-9)12(11)15(20)21/h3-4,8-12H,1-2,5-7H2,(H,16,18)(H,17,19)(H,20,21)/t9?,10?,11-,12+/m0/s1. The number of hydrogen-bond donors (Lipinski definition) is 3. The molecule has 0 spiro atoms. The molecule has 2 bridgehead atoms. The Morgan fingerprint density at radius 3 is 2.10 bits per heavy atom. The minimum Gasteiger partial charge on any atom is -0.481 e. The Hall–Kier alpha value is -1.85. The van der Waals surface area contributed by atoms with Crippen LogP contribution in [0, 0.1) is 29.6 Å². The highest BCUT2D eigenvalue weighted by atomic mass is 16.4. The lowest BCUT2D eigenvalue weighted by molar-refractivity contribution is -0.147. The Kier molecular flexibility index (Phi) is 3.69. The van der Waals surface area contributed by atoms with E-state index in [1.165, 1.54) is 0 Å². The van der Waals surface area contributed by atoms with Gasteiger partial charge in [0.15, 0.2) is 0 Å². The topological polar surface area (TPSA) is 95.5 Å². The van der Waals surface area contributed by atoms with Crippen LogP contribution in [0.15, 0.2) is 12.2 Å². The van der Waals surface area contributed by atoms with E-state index in [0.717, 1.165) is 19.3 Å². The van der Waals surface area contributed by atoms with E-state index >= 15 is 0 Å². The molecule has 2 fully saturated rings. The number of hydrogen-bond acceptors (Lipinski definition) is 3. The third-order valence-electron chi connectivity index (χ3n) is 4.72. The molecule has 2 saturated carbocycles. The molecule has 114 valence electrons. The van der Waals surface area contributed by atoms with Crippen molar-refractivity contribution in [3.63, 3.8) is 0 Å². The zero-order valence-corrected chi connectivity index (χ0v) is 11.7. The highest BCUT2D eigenvalue weighted by molar-refractivity contribution is 5.87. The summed E-state index contributed by atoms with van der Waals surface area (Å²) in [6, 6.07) is 0. The molecule has 0 aliphatic heterocycles. The van der Waals surface area contributed by atoms with Crippen LogP contribution in [0.3, 0.4) is 0 Å². The maximum atomic E-state index is 12.2. The zero-order valence-electron chi connectivity index (χ0n) is 11.7. The molecule has 3 aliphatic rings. The Morgan fingerprint density at radius 2 is 1.52 bits per heavy atom. The molecule has 0 saturated heterocycles. The molecule has 0 radical (unpaired) electrons. The first-order chi connectivity index (χ1) is 10.1. The summed E-state index contributed by atoms with van der Waals surface area (Å²) in [5, 5.41) is 14.8. The number of amides is 2. The van der Waals surface area contributed by atoms with Crippen LogP contribution in [-0.4, -0.2) is 36.0 Å². The second kappa shape index (κ2) is 5.50. The van der Waals surface area contributed by atoms with Gasteiger partial charge in [0.1, 0.15) is 0 Å². The molecule has 0 aromatic heterocycles. The normalized spacial score (nSPS) is 33.0. The monoisotopic (exact) mass is 292 g/mol. The SMILES string of the molecule is O=C(NCCNC(=O)[C@H]1C2C=CC(C2)[C@H]1C(=O)O)C1CC1. The van der Waals surface area contributed by atoms with Crippen LogP contribution in [0.1, 0.15) is 19.3 Å². The lowest BCUT2D eigenvalue weighted by Crippen LogP contribution is -2.43. The van der Waals surface area contributed by atoms with Crippen molar-refractivity contribution < 1.29 is 19.5 Å². The first-order valence-corrected chi connectivity index (χ1v) is 7.54. The zero-order chi connectivity index (χ0) is 15.0. The molecule has 3 aliphatic carbocycles. The predicted octanol–water partition coefficient (Wildman–Crippen LogP) is 0.152. The maximum Gasteiger partial charge on any atom is 0.307 e. The van der Waals surface area contributed by atoms with Crippen LogP contribution in [0.4, 0.5) is 0 Å². The number of fused-ring (bicyclic) bond motifs is 2. The highest BCUT2D eigenvalue weighted by Crippen LogP contribution is 2.48. The van der Waals surface area contributed by atoms with Gasteiger partial charge in [0, 0.05) is 19.0 Å². The summed E-state index contributed by atoms with van der Waals surface area (Å²) in [7, 11) is 0. The van der Waals surface area contributed by atoms with Gasteiger partial charge in [-0.05, 0) is 31.1 Å². The van der Waals surface area contributed by atoms with E-state index in [9.17, 15) is 19.5 Å². The van der Waals surface area contributed by atoms with E-state index in [2.05, 4.69) is 10.6 Å². The number of rotatable bonds is 6. The van der Waals surface area contributed by atoms with Gasteiger partial charge in [-0.2, -0.15) is 0 Å². The van der Waals surface area contributed by atoms with Gasteiger partial charge in [0.25, 0.3) is 0 Å². The summed E-state index contributed by atoms with van der Waals surface area (Å²) >= 11 is 0. The Labute approximate surface area is 123 Å². The van der Waals surface area contributed by atoms with Gasteiger partial charge in [-0.1, -0.05) is 12.2 Å². The number of aliphatic carboxylic acids is 1. The number of nitrogens with one attached hydrogen (secondary N) is 2. The number of carboxylic acids is 1. The fourth-order valence-electron chi connectivity index (χ4n) is 3.50. The average Bonchev–Trinajstić information content (AvgIpc) is 3.11. The molecule has 0 heterocycles. The van der Waals surface area contributed by atoms with Crippen molar-refractivity contribution in [3.05, 3.63) is 12.2 Å². The fraction of sp³-hybridized carbons (Fsp3) is 0.667. The summed E-state index contributed by atoms with van der Waals surface area (Å²) < 4.78 is 0. The second-order valence-corrected chi connectivity index (χ2v) is 6.19. The number of carbonyl (C=O) groups is 3. The molecule has 6 nitrogen and oxygen atoms in total. The molecule has 3 N–H and O–H groups in total. The summed E-state index contributed by atoms with van der Waals surface area (Å²) in [6.07, 6.45) is 6.55. The highest BCUT2D eigenvalue weighted by Gasteiger charge is 2.51. The molecule has 2 unspecified atom stereocenters. The molecule has 4 atom stereocenters. The van der Waals surface area contributed by atoms with Crippen molar-refractivity contribution in [2.45, 2.75) is 19.3 Å². The van der Waals surface area contributed by atoms with Crippen LogP contribution in [0.25, 0.3) is 0 Å². The summed E-state index contributed by atoms with van der Waals surface area (Å²) in [4.78, 5) is 35.0. The average molecular weight is 292 g/mol. The molecule has 21 heavy (non-hydrogen) atoms. The minimum absolute atomic E-state index is 0.0159. The molecule has 3 rings (SSSR count). The van der Waals surface area contributed by atoms with E-state index < -0.39 is 17.8 Å². The quantitative estimate of drug-likeness (QED) is 0.480. The van der Waals surface area contributed by atoms with Crippen LogP contribution < -0.4 is 10.6 Å². The van der Waals surface area contributed by atoms with Gasteiger partial charge in [0.05, 0.1) is 11.8 Å². The van der Waals surface area contributed by atoms with Crippen LogP contribution in [-0.2, 0) is 14.4 Å². The van der Waals surface area contributed by atoms with Gasteiger partial charge in [-0.25, -0.2) is 0 Å². The first-order valence-electron chi connectivity index (χ1n) is 7.54. The fourth-order valence-corrected chi connectivity index (χ4v) is 3.50. The van der Waals surface area contributed by atoms with Gasteiger partial charge in [-0.15, -0.1) is 0 Å². The molecule has 2 amide bonds. The van der Waals surface area contributed by atoms with Gasteiger partial charge in [0.2, 0.25) is 11.8 Å². The Morgan fingerprint density at radius 1 is 0.952 bits per heavy atom. The summed E-state index contributed by atoms with van der Waals surface area (Å²) in [6.45, 7) is 0.747. The van der Waals surface area contributed by atoms with E-state index in [-0.39, 0.29) is 29.6 Å². The second-order valence-electron chi connectivity index (χ2n) is 6.19. The largest absolute Gasteiger partial charge is 0.481 e. The Bertz CT molecular complexity index is 498. The van der Waals surface area contributed by atoms with Crippen LogP contribution >= 0.6 is 0 Å². The van der Waals surface area contributed by atoms with Crippen LogP contribution in [0.2, 0.25) is 0 Å². The number of carboxylic acid groups (broad SMARTS) is 1. The van der Waals surface area contributed by atoms with Crippen molar-refractivity contribution in [2.75, 3.05) is 13.1 Å². The predicted molar refractivity (Wildman–Crippen MR) is 74.1 cm³/mol. The molecule has 0 aromatic rings. The molecule has 0 aromatic carbocycles. The molecular formula is C15H20N2O4. The number of carbonyl (C=O) groups excluding carboxylic acids is 2. The summed E-state index contributed by atoms with van der Waals surface area (Å²) in [5.74, 6) is -1.95. The molecular weight excluding hydrogens is 272 g/mol. The van der Waals surface area contributed by atoms with Crippen molar-refractivity contribution in [3.8, 4) is 0 Å². The van der Waals surface area contributed by atoms with Crippen molar-refractivity contribution in [1.82, 2.24) is 10.6 Å². The van der Waals surface area contributed by atoms with Gasteiger partial charge >= 0.3 is 5.97 Å². The van der Waals surface area contributed by atoms with Crippen molar-refractivity contribution in [2.24, 2.45) is 29.6 Å². The van der Waals surface area contributed by atoms with E-state index in [1.54, 1.807) is 0 Å². The van der Waals surface area contributed by atoms with Gasteiger partial charge < -0.3 is 15.7 Å². The number of allylic oxidation sites excluding steroid dienone is 2. The smallest absolute Gasteiger partial charge is 0.307 e. The van der Waals surface area contributed by atoms with Crippen molar-refractivity contribution >= 4 is 17.8 Å². The minimum atomic E-state index is -0.894. The van der Waals surface area contributed by atoms with Crippen molar-refractivity contribution in [1.29, 1.82) is 0 Å². The van der Waals surface area contributed by atoms with E-state index in [0.29, 0.717) is 13.1 Å². The third kappa shape index (κ3) is 2.80. The maximum absolute atomic E-state index is 12.2. The Balaban J connectivity index is 1.47. The van der Waals surface area contributed by atoms with E-state index in [1.807, 2.05) is 12.2 Å². The van der Waals surface area contributed by atoms with Gasteiger partial charge in [-0.3, -0.25) is 14.4 Å². The lowest BCUT2D eigenvalue weighted by Gasteiger charge is -2.23. The first kappa shape index (κ1) is 14.1.